The highest BCUT2D eigenvalue weighted by Crippen LogP contribution is 2.33. The van der Waals surface area contributed by atoms with Crippen LogP contribution in [0.3, 0.4) is 0 Å². The first-order valence-corrected chi connectivity index (χ1v) is 11.2. The summed E-state index contributed by atoms with van der Waals surface area (Å²) in [6, 6.07) is 11.4. The molecule has 10 heteroatoms. The van der Waals surface area contributed by atoms with E-state index in [1.807, 2.05) is 18.2 Å². The van der Waals surface area contributed by atoms with E-state index in [1.165, 1.54) is 23.5 Å². The van der Waals surface area contributed by atoms with Crippen molar-refractivity contribution < 1.29 is 8.78 Å². The van der Waals surface area contributed by atoms with E-state index in [-0.39, 0.29) is 35.9 Å². The van der Waals surface area contributed by atoms with Crippen molar-refractivity contribution in [2.45, 2.75) is 12.5 Å². The lowest BCUT2D eigenvalue weighted by molar-refractivity contribution is 0.315. The minimum atomic E-state index is -0.643. The van der Waals surface area contributed by atoms with Crippen molar-refractivity contribution in [2.24, 2.45) is 0 Å². The Bertz CT molecular complexity index is 1360. The number of rotatable bonds is 4. The minimum absolute atomic E-state index is 0. The lowest BCUT2D eigenvalue weighted by atomic mass is 10.1. The van der Waals surface area contributed by atoms with Gasteiger partial charge in [0.1, 0.15) is 22.2 Å². The summed E-state index contributed by atoms with van der Waals surface area (Å²) in [6.07, 6.45) is 4.51. The number of nitrogens with zero attached hydrogens (tertiary/aromatic N) is 4. The molecule has 1 aliphatic heterocycles. The van der Waals surface area contributed by atoms with E-state index < -0.39 is 11.6 Å². The Hall–Kier alpha value is -2.52. The van der Waals surface area contributed by atoms with E-state index in [4.69, 9.17) is 0 Å². The van der Waals surface area contributed by atoms with Gasteiger partial charge in [0, 0.05) is 47.2 Å². The van der Waals surface area contributed by atoms with Crippen LogP contribution >= 0.6 is 36.2 Å². The van der Waals surface area contributed by atoms with Gasteiger partial charge in [-0.3, -0.25) is 9.36 Å². The van der Waals surface area contributed by atoms with Crippen molar-refractivity contribution in [3.8, 4) is 16.1 Å². The van der Waals surface area contributed by atoms with Crippen molar-refractivity contribution in [3.63, 3.8) is 0 Å². The number of aromatic nitrogens is 2. The maximum absolute atomic E-state index is 14.2. The van der Waals surface area contributed by atoms with Crippen LogP contribution in [0.15, 0.2) is 59.7 Å². The Morgan fingerprint density at radius 2 is 1.88 bits per heavy atom. The Morgan fingerprint density at radius 1 is 1.09 bits per heavy atom. The molecule has 180 valence electrons. The van der Waals surface area contributed by atoms with Crippen LogP contribution < -0.4 is 10.5 Å². The molecule has 1 unspecified atom stereocenters. The summed E-state index contributed by atoms with van der Waals surface area (Å²) in [5.41, 5.74) is 0.766. The molecule has 4 heterocycles. The summed E-state index contributed by atoms with van der Waals surface area (Å²) in [4.78, 5) is 22.8. The van der Waals surface area contributed by atoms with Crippen LogP contribution in [0.2, 0.25) is 0 Å². The molecule has 1 saturated heterocycles. The lowest BCUT2D eigenvalue weighted by Gasteiger charge is -2.21. The third-order valence-electron chi connectivity index (χ3n) is 6.00. The first-order chi connectivity index (χ1) is 15.4. The molecule has 0 radical (unpaired) electrons. The predicted octanol–water partition coefficient (Wildman–Crippen LogP) is 5.38. The third-order valence-corrected chi connectivity index (χ3v) is 7.17. The Labute approximate surface area is 212 Å². The molecule has 0 amide bonds. The average molecular weight is 525 g/mol. The molecular formula is C24H24Cl2F2N4OS. The molecule has 5 nitrogen and oxygen atoms in total. The Morgan fingerprint density at radius 3 is 2.53 bits per heavy atom. The maximum atomic E-state index is 14.2. The van der Waals surface area contributed by atoms with Gasteiger partial charge in [0.05, 0.1) is 11.9 Å². The van der Waals surface area contributed by atoms with Gasteiger partial charge in [0.25, 0.3) is 5.56 Å². The molecule has 0 bridgehead atoms. The van der Waals surface area contributed by atoms with Crippen LogP contribution in [0, 0.1) is 11.6 Å². The standard InChI is InChI=1S/C24H22F2N4OS.2ClH/c1-28(2)18-8-9-29(14-18)22-6-4-17(13-27-22)30-10-7-15-11-21(32-23(15)24(30)31)19-5-3-16(25)12-20(19)26;;/h3-7,10-13,18H,8-9,14H2,1-2H3;2*1H. The second-order valence-corrected chi connectivity index (χ2v) is 9.29. The second-order valence-electron chi connectivity index (χ2n) is 8.24. The fourth-order valence-electron chi connectivity index (χ4n) is 4.13. The molecule has 5 rings (SSSR count). The quantitative estimate of drug-likeness (QED) is 0.359. The zero-order valence-corrected chi connectivity index (χ0v) is 21.0. The number of likely N-dealkylation sites (N-methyl/N-ethyl adjacent to an activating group) is 1. The largest absolute Gasteiger partial charge is 0.355 e. The normalized spacial score (nSPS) is 15.4. The van der Waals surface area contributed by atoms with Gasteiger partial charge in [-0.15, -0.1) is 36.2 Å². The summed E-state index contributed by atoms with van der Waals surface area (Å²) < 4.78 is 29.5. The van der Waals surface area contributed by atoms with E-state index in [2.05, 4.69) is 28.9 Å². The topological polar surface area (TPSA) is 41.4 Å². The van der Waals surface area contributed by atoms with E-state index in [1.54, 1.807) is 23.0 Å². The van der Waals surface area contributed by atoms with Crippen molar-refractivity contribution in [2.75, 3.05) is 32.1 Å². The van der Waals surface area contributed by atoms with Crippen LogP contribution in [-0.4, -0.2) is 47.7 Å². The molecular weight excluding hydrogens is 501 g/mol. The van der Waals surface area contributed by atoms with Crippen LogP contribution in [0.1, 0.15) is 6.42 Å². The van der Waals surface area contributed by atoms with Gasteiger partial charge in [-0.1, -0.05) is 0 Å². The second kappa shape index (κ2) is 10.4. The van der Waals surface area contributed by atoms with Gasteiger partial charge in [-0.05, 0) is 56.9 Å². The fraction of sp³-hybridized carbons (Fsp3) is 0.250. The number of hydrogen-bond donors (Lipinski definition) is 0. The molecule has 0 spiro atoms. The van der Waals surface area contributed by atoms with Crippen molar-refractivity contribution >= 4 is 52.1 Å². The van der Waals surface area contributed by atoms with Crippen LogP contribution in [0.4, 0.5) is 14.6 Å². The van der Waals surface area contributed by atoms with Crippen LogP contribution in [0.25, 0.3) is 26.2 Å². The molecule has 1 atom stereocenters. The smallest absolute Gasteiger partial charge is 0.273 e. The molecule has 34 heavy (non-hydrogen) atoms. The highest BCUT2D eigenvalue weighted by atomic mass is 35.5. The number of hydrogen-bond acceptors (Lipinski definition) is 5. The number of anilines is 1. The van der Waals surface area contributed by atoms with Gasteiger partial charge < -0.3 is 9.80 Å². The molecule has 0 saturated carbocycles. The zero-order chi connectivity index (χ0) is 22.4. The molecule has 1 fully saturated rings. The summed E-state index contributed by atoms with van der Waals surface area (Å²) >= 11 is 1.20. The summed E-state index contributed by atoms with van der Waals surface area (Å²) in [5.74, 6) is -0.371. The van der Waals surface area contributed by atoms with E-state index in [9.17, 15) is 13.6 Å². The molecule has 1 aromatic carbocycles. The van der Waals surface area contributed by atoms with Gasteiger partial charge in [-0.25, -0.2) is 13.8 Å². The summed E-state index contributed by atoms with van der Waals surface area (Å²) in [6.45, 7) is 1.89. The molecule has 4 aromatic rings. The first-order valence-electron chi connectivity index (χ1n) is 10.4. The van der Waals surface area contributed by atoms with Gasteiger partial charge in [0.15, 0.2) is 0 Å². The fourth-order valence-corrected chi connectivity index (χ4v) is 5.24. The number of benzene rings is 1. The van der Waals surface area contributed by atoms with E-state index in [0.29, 0.717) is 21.3 Å². The molecule has 0 N–H and O–H groups in total. The zero-order valence-electron chi connectivity index (χ0n) is 18.6. The van der Waals surface area contributed by atoms with Gasteiger partial charge in [0.2, 0.25) is 0 Å². The van der Waals surface area contributed by atoms with E-state index in [0.717, 1.165) is 36.8 Å². The predicted molar refractivity (Wildman–Crippen MR) is 139 cm³/mol. The monoisotopic (exact) mass is 524 g/mol. The SMILES string of the molecule is CN(C)C1CCN(c2ccc(-n3ccc4cc(-c5ccc(F)cc5F)sc4c3=O)cn2)C1.Cl.Cl. The maximum Gasteiger partial charge on any atom is 0.273 e. The van der Waals surface area contributed by atoms with Crippen molar-refractivity contribution in [1.82, 2.24) is 14.5 Å². The summed E-state index contributed by atoms with van der Waals surface area (Å²) in [5, 5.41) is 0.728. The third kappa shape index (κ3) is 4.81. The van der Waals surface area contributed by atoms with Crippen molar-refractivity contribution in [3.05, 3.63) is 76.8 Å². The number of halogens is 4. The van der Waals surface area contributed by atoms with Crippen LogP contribution in [0.5, 0.6) is 0 Å². The Kier molecular flexibility index (Phi) is 7.98. The minimum Gasteiger partial charge on any atom is -0.355 e. The van der Waals surface area contributed by atoms with Crippen molar-refractivity contribution in [1.29, 1.82) is 0 Å². The molecule has 3 aromatic heterocycles. The average Bonchev–Trinajstić information content (AvgIpc) is 3.42. The molecule has 0 aliphatic carbocycles. The highest BCUT2D eigenvalue weighted by molar-refractivity contribution is 7.22. The summed E-state index contributed by atoms with van der Waals surface area (Å²) in [7, 11) is 4.18. The Balaban J connectivity index is 0.00000162. The van der Waals surface area contributed by atoms with Crippen LogP contribution in [-0.2, 0) is 0 Å². The molecule has 1 aliphatic rings. The first kappa shape index (κ1) is 26.1. The lowest BCUT2D eigenvalue weighted by Crippen LogP contribution is -2.31. The van der Waals surface area contributed by atoms with Gasteiger partial charge >= 0.3 is 0 Å². The number of thiophene rings is 1. The highest BCUT2D eigenvalue weighted by Gasteiger charge is 2.24. The van der Waals surface area contributed by atoms with E-state index >= 15 is 0 Å². The van der Waals surface area contributed by atoms with Gasteiger partial charge in [-0.2, -0.15) is 0 Å². The number of fused-ring (bicyclic) bond motifs is 1. The number of pyridine rings is 2.